The van der Waals surface area contributed by atoms with Crippen LogP contribution >= 0.6 is 0 Å². The number of aliphatic hydroxyl groups excluding tert-OH is 2. The summed E-state index contributed by atoms with van der Waals surface area (Å²) in [6, 6.07) is 0. The van der Waals surface area contributed by atoms with Gasteiger partial charge < -0.3 is 24.8 Å². The maximum Gasteiger partial charge on any atom is 0.340 e. The molecule has 150 valence electrons. The van der Waals surface area contributed by atoms with E-state index in [0.717, 1.165) is 11.1 Å². The van der Waals surface area contributed by atoms with Crippen LogP contribution in [-0.2, 0) is 19.1 Å². The van der Waals surface area contributed by atoms with Gasteiger partial charge in [-0.2, -0.15) is 0 Å². The van der Waals surface area contributed by atoms with Crippen LogP contribution in [0.25, 0.3) is 0 Å². The van der Waals surface area contributed by atoms with Gasteiger partial charge in [-0.1, -0.05) is 23.8 Å². The number of esters is 2. The van der Waals surface area contributed by atoms with Gasteiger partial charge in [0.05, 0.1) is 18.1 Å². The summed E-state index contributed by atoms with van der Waals surface area (Å²) in [5, 5.41) is 30.0. The maximum atomic E-state index is 12.5. The molecule has 1 saturated heterocycles. The van der Waals surface area contributed by atoms with E-state index in [0.29, 0.717) is 6.42 Å². The second-order valence-electron chi connectivity index (χ2n) is 7.69. The van der Waals surface area contributed by atoms with Crippen LogP contribution in [0.4, 0.5) is 0 Å². The Morgan fingerprint density at radius 3 is 2.52 bits per heavy atom. The van der Waals surface area contributed by atoms with Gasteiger partial charge in [-0.25, -0.2) is 9.59 Å². The van der Waals surface area contributed by atoms with E-state index in [4.69, 9.17) is 9.47 Å². The Morgan fingerprint density at radius 2 is 1.93 bits per heavy atom. The lowest BCUT2D eigenvalue weighted by molar-refractivity contribution is -0.182. The third-order valence-corrected chi connectivity index (χ3v) is 5.13. The highest BCUT2D eigenvalue weighted by molar-refractivity contribution is 5.91. The van der Waals surface area contributed by atoms with E-state index in [-0.39, 0.29) is 12.0 Å². The molecule has 2 aliphatic rings. The van der Waals surface area contributed by atoms with Gasteiger partial charge in [-0.3, -0.25) is 0 Å². The Bertz CT molecular complexity index is 686. The molecular weight excluding hydrogens is 352 g/mol. The van der Waals surface area contributed by atoms with Crippen LogP contribution < -0.4 is 0 Å². The molecule has 0 saturated carbocycles. The molecule has 0 amide bonds. The summed E-state index contributed by atoms with van der Waals surface area (Å²) in [5.41, 5.74) is -0.324. The van der Waals surface area contributed by atoms with Gasteiger partial charge in [-0.15, -0.1) is 0 Å². The second kappa shape index (κ2) is 7.96. The molecule has 3 N–H and O–H groups in total. The van der Waals surface area contributed by atoms with Crippen molar-refractivity contribution in [3.05, 3.63) is 35.5 Å². The Kier molecular flexibility index (Phi) is 6.29. The predicted octanol–water partition coefficient (Wildman–Crippen LogP) is 1.18. The van der Waals surface area contributed by atoms with Crippen LogP contribution in [0.1, 0.15) is 40.5 Å². The topological polar surface area (TPSA) is 113 Å². The Morgan fingerprint density at radius 1 is 1.33 bits per heavy atom. The fourth-order valence-electron chi connectivity index (χ4n) is 3.30. The minimum absolute atomic E-state index is 0.187. The zero-order valence-electron chi connectivity index (χ0n) is 16.1. The Hall–Kier alpha value is -1.96. The molecule has 0 aromatic heterocycles. The Balaban J connectivity index is 2.42. The first-order valence-corrected chi connectivity index (χ1v) is 8.97. The molecule has 0 radical (unpaired) electrons. The number of carbonyl (C=O) groups excluding carboxylic acids is 2. The van der Waals surface area contributed by atoms with Crippen LogP contribution in [0.15, 0.2) is 35.5 Å². The van der Waals surface area contributed by atoms with Crippen molar-refractivity contribution in [2.45, 2.75) is 70.6 Å². The summed E-state index contributed by atoms with van der Waals surface area (Å²) >= 11 is 0. The van der Waals surface area contributed by atoms with Crippen LogP contribution in [0.5, 0.6) is 0 Å². The van der Waals surface area contributed by atoms with Crippen LogP contribution in [0.3, 0.4) is 0 Å². The number of hydrogen-bond acceptors (Lipinski definition) is 7. The number of carbonyl (C=O) groups is 2. The molecule has 27 heavy (non-hydrogen) atoms. The highest BCUT2D eigenvalue weighted by atomic mass is 16.6. The van der Waals surface area contributed by atoms with E-state index in [9.17, 15) is 24.9 Å². The molecule has 1 aliphatic carbocycles. The van der Waals surface area contributed by atoms with Crippen molar-refractivity contribution < 1.29 is 34.4 Å². The number of ether oxygens (including phenoxy) is 2. The van der Waals surface area contributed by atoms with Crippen molar-refractivity contribution in [1.82, 2.24) is 0 Å². The zero-order chi connectivity index (χ0) is 20.5. The van der Waals surface area contributed by atoms with Crippen molar-refractivity contribution in [3.63, 3.8) is 0 Å². The van der Waals surface area contributed by atoms with Gasteiger partial charge in [-0.05, 0) is 40.2 Å². The summed E-state index contributed by atoms with van der Waals surface area (Å²) in [5.74, 6) is -2.20. The molecule has 0 spiro atoms. The van der Waals surface area contributed by atoms with Gasteiger partial charge in [0.2, 0.25) is 0 Å². The van der Waals surface area contributed by atoms with Crippen molar-refractivity contribution in [1.29, 1.82) is 0 Å². The highest BCUT2D eigenvalue weighted by Crippen LogP contribution is 2.36. The van der Waals surface area contributed by atoms with E-state index >= 15 is 0 Å². The molecule has 2 rings (SSSR count). The normalized spacial score (nSPS) is 36.3. The maximum absolute atomic E-state index is 12.5. The van der Waals surface area contributed by atoms with Gasteiger partial charge in [0.25, 0.3) is 0 Å². The Labute approximate surface area is 159 Å². The van der Waals surface area contributed by atoms with E-state index in [1.165, 1.54) is 13.8 Å². The van der Waals surface area contributed by atoms with E-state index in [2.05, 4.69) is 6.58 Å². The van der Waals surface area contributed by atoms with Gasteiger partial charge in [0, 0.05) is 12.0 Å². The van der Waals surface area contributed by atoms with Crippen molar-refractivity contribution in [2.24, 2.45) is 5.92 Å². The molecule has 0 bridgehead atoms. The fraction of sp³-hybridized carbons (Fsp3) is 0.600. The summed E-state index contributed by atoms with van der Waals surface area (Å²) in [6.45, 7) is 9.84. The summed E-state index contributed by atoms with van der Waals surface area (Å²) < 4.78 is 10.9. The quantitative estimate of drug-likeness (QED) is 0.383. The lowest BCUT2D eigenvalue weighted by Crippen LogP contribution is -2.49. The van der Waals surface area contributed by atoms with Crippen molar-refractivity contribution >= 4 is 11.9 Å². The molecule has 7 nitrogen and oxygen atoms in total. The van der Waals surface area contributed by atoms with Gasteiger partial charge in [0.1, 0.15) is 12.2 Å². The molecule has 1 heterocycles. The summed E-state index contributed by atoms with van der Waals surface area (Å²) in [7, 11) is 0. The molecular formula is C20H28O7. The minimum atomic E-state index is -2.10. The summed E-state index contributed by atoms with van der Waals surface area (Å²) in [6.07, 6.45) is 0.432. The lowest BCUT2D eigenvalue weighted by atomic mass is 9.85. The molecule has 0 aromatic carbocycles. The number of fused-ring (bicyclic) bond motifs is 1. The molecule has 1 aliphatic heterocycles. The zero-order valence-corrected chi connectivity index (χ0v) is 16.1. The highest BCUT2D eigenvalue weighted by Gasteiger charge is 2.47. The second-order valence-corrected chi connectivity index (χ2v) is 7.69. The van der Waals surface area contributed by atoms with E-state index in [1.54, 1.807) is 19.1 Å². The van der Waals surface area contributed by atoms with Crippen LogP contribution in [0, 0.1) is 5.92 Å². The van der Waals surface area contributed by atoms with Gasteiger partial charge >= 0.3 is 11.9 Å². The third kappa shape index (κ3) is 4.66. The molecule has 0 aromatic rings. The van der Waals surface area contributed by atoms with Crippen LogP contribution in [0.2, 0.25) is 0 Å². The first-order chi connectivity index (χ1) is 12.4. The average molecular weight is 380 g/mol. The van der Waals surface area contributed by atoms with E-state index in [1.807, 2.05) is 6.92 Å². The first-order valence-electron chi connectivity index (χ1n) is 8.97. The molecule has 1 fully saturated rings. The molecule has 2 unspecified atom stereocenters. The number of aliphatic hydroxyl groups is 3. The van der Waals surface area contributed by atoms with E-state index < -0.39 is 47.9 Å². The van der Waals surface area contributed by atoms with Crippen LogP contribution in [-0.4, -0.2) is 57.3 Å². The van der Waals surface area contributed by atoms with Crippen molar-refractivity contribution in [3.8, 4) is 0 Å². The largest absolute Gasteiger partial charge is 0.459 e. The predicted molar refractivity (Wildman–Crippen MR) is 97.4 cm³/mol. The van der Waals surface area contributed by atoms with Crippen molar-refractivity contribution in [2.75, 3.05) is 0 Å². The molecule has 7 heteroatoms. The number of rotatable bonds is 3. The molecule has 6 atom stereocenters. The third-order valence-electron chi connectivity index (χ3n) is 5.13. The average Bonchev–Trinajstić information content (AvgIpc) is 2.79. The smallest absolute Gasteiger partial charge is 0.340 e. The standard InChI is InChI=1S/C20H28O7/c1-10-6-14(22)7-11(2)9-16(27-19(24)20(5,25)13(4)21)17-12(3)18(23)26-15(17)8-10/h7-8,13-17,21-22,25H,3,6,9H2,1-2,4-5H3/b10-8+,11-7+/t13?,14-,15+,16+,17-,20?/m0/s1. The first kappa shape index (κ1) is 21.3. The monoisotopic (exact) mass is 380 g/mol. The lowest BCUT2D eigenvalue weighted by Gasteiger charge is -2.31. The minimum Gasteiger partial charge on any atom is -0.459 e. The fourth-order valence-corrected chi connectivity index (χ4v) is 3.30. The van der Waals surface area contributed by atoms with Gasteiger partial charge in [0.15, 0.2) is 5.60 Å². The summed E-state index contributed by atoms with van der Waals surface area (Å²) in [4.78, 5) is 24.5. The number of hydrogen-bond donors (Lipinski definition) is 3. The SMILES string of the molecule is C=C1C(=O)O[C@@H]2/C=C(\C)C[C@H](O)/C=C(\C)C[C@@H](OC(=O)C(C)(O)C(C)O)[C@@H]12.